The van der Waals surface area contributed by atoms with Gasteiger partial charge in [-0.2, -0.15) is 5.10 Å². The Morgan fingerprint density at radius 2 is 2.19 bits per heavy atom. The van der Waals surface area contributed by atoms with Gasteiger partial charge in [-0.3, -0.25) is 4.79 Å². The topological polar surface area (TPSA) is 46.9 Å². The highest BCUT2D eigenvalue weighted by Gasteiger charge is 2.17. The van der Waals surface area contributed by atoms with Crippen molar-refractivity contribution >= 4 is 23.1 Å². The van der Waals surface area contributed by atoms with Crippen LogP contribution in [0.3, 0.4) is 0 Å². The molecular formula is C16H21N3OS. The highest BCUT2D eigenvalue weighted by atomic mass is 32.1. The van der Waals surface area contributed by atoms with Gasteiger partial charge in [-0.1, -0.05) is 25.3 Å². The summed E-state index contributed by atoms with van der Waals surface area (Å²) in [6, 6.07) is 5.98. The molecule has 0 bridgehead atoms. The number of rotatable bonds is 5. The average molecular weight is 303 g/mol. The van der Waals surface area contributed by atoms with E-state index in [-0.39, 0.29) is 5.91 Å². The van der Waals surface area contributed by atoms with Crippen LogP contribution in [0.4, 0.5) is 5.82 Å². The lowest BCUT2D eigenvalue weighted by atomic mass is 9.87. The first kappa shape index (κ1) is 14.3. The quantitative estimate of drug-likeness (QED) is 0.910. The lowest BCUT2D eigenvalue weighted by Crippen LogP contribution is -2.20. The molecule has 5 heteroatoms. The summed E-state index contributed by atoms with van der Waals surface area (Å²) >= 11 is 1.70. The van der Waals surface area contributed by atoms with Crippen molar-refractivity contribution in [1.29, 1.82) is 0 Å². The maximum Gasteiger partial charge on any atom is 0.225 e. The van der Waals surface area contributed by atoms with Gasteiger partial charge in [0.2, 0.25) is 5.91 Å². The number of aromatic nitrogens is 2. The van der Waals surface area contributed by atoms with Crippen LogP contribution in [-0.2, 0) is 11.3 Å². The van der Waals surface area contributed by atoms with Crippen LogP contribution in [0.15, 0.2) is 29.8 Å². The molecule has 0 spiro atoms. The number of anilines is 1. The fourth-order valence-electron chi connectivity index (χ4n) is 2.96. The summed E-state index contributed by atoms with van der Waals surface area (Å²) in [5, 5.41) is 9.37. The third kappa shape index (κ3) is 3.94. The van der Waals surface area contributed by atoms with Gasteiger partial charge in [0, 0.05) is 17.4 Å². The standard InChI is InChI=1S/C16H21N3OS/c20-16(11-13-5-2-1-3-6-13)18-15-8-9-17-19(15)12-14-7-4-10-21-14/h4,7-10,13H,1-3,5-6,11-12H2,(H,18,20). The van der Waals surface area contributed by atoms with Crippen LogP contribution in [-0.4, -0.2) is 15.7 Å². The van der Waals surface area contributed by atoms with Gasteiger partial charge in [-0.25, -0.2) is 4.68 Å². The predicted octanol–water partition coefficient (Wildman–Crippen LogP) is 3.90. The first-order chi connectivity index (χ1) is 10.3. The third-order valence-electron chi connectivity index (χ3n) is 4.07. The molecule has 0 unspecified atom stereocenters. The number of nitrogens with one attached hydrogen (secondary N) is 1. The van der Waals surface area contributed by atoms with Crippen LogP contribution in [0.1, 0.15) is 43.4 Å². The zero-order chi connectivity index (χ0) is 14.5. The van der Waals surface area contributed by atoms with E-state index in [1.807, 2.05) is 16.8 Å². The number of hydrogen-bond acceptors (Lipinski definition) is 3. The van der Waals surface area contributed by atoms with Gasteiger partial charge in [0.05, 0.1) is 12.7 Å². The molecule has 1 aliphatic rings. The second-order valence-corrected chi connectivity index (χ2v) is 6.74. The predicted molar refractivity (Wildman–Crippen MR) is 85.5 cm³/mol. The number of carbonyl (C=O) groups excluding carboxylic acids is 1. The Kier molecular flexibility index (Phi) is 4.70. The van der Waals surface area contributed by atoms with Crippen LogP contribution in [0.2, 0.25) is 0 Å². The van der Waals surface area contributed by atoms with Crippen molar-refractivity contribution < 1.29 is 4.79 Å². The SMILES string of the molecule is O=C(CC1CCCCC1)Nc1ccnn1Cc1cccs1. The maximum atomic E-state index is 12.2. The van der Waals surface area contributed by atoms with E-state index in [1.54, 1.807) is 17.5 Å². The highest BCUT2D eigenvalue weighted by Crippen LogP contribution is 2.26. The van der Waals surface area contributed by atoms with Crippen molar-refractivity contribution in [2.75, 3.05) is 5.32 Å². The molecule has 0 radical (unpaired) electrons. The van der Waals surface area contributed by atoms with Crippen LogP contribution < -0.4 is 5.32 Å². The summed E-state index contributed by atoms with van der Waals surface area (Å²) in [5.41, 5.74) is 0. The minimum Gasteiger partial charge on any atom is -0.311 e. The Balaban J connectivity index is 1.57. The Morgan fingerprint density at radius 1 is 1.33 bits per heavy atom. The molecule has 2 aromatic heterocycles. The van der Waals surface area contributed by atoms with Gasteiger partial charge in [0.1, 0.15) is 5.82 Å². The van der Waals surface area contributed by atoms with Crippen molar-refractivity contribution in [3.8, 4) is 0 Å². The molecule has 1 aliphatic carbocycles. The molecule has 1 saturated carbocycles. The molecule has 0 aliphatic heterocycles. The van der Waals surface area contributed by atoms with Gasteiger partial charge in [-0.15, -0.1) is 11.3 Å². The fraction of sp³-hybridized carbons (Fsp3) is 0.500. The number of thiophene rings is 1. The smallest absolute Gasteiger partial charge is 0.225 e. The van der Waals surface area contributed by atoms with Crippen LogP contribution in [0.25, 0.3) is 0 Å². The minimum atomic E-state index is 0.120. The lowest BCUT2D eigenvalue weighted by molar-refractivity contribution is -0.117. The molecule has 1 fully saturated rings. The first-order valence-electron chi connectivity index (χ1n) is 7.65. The zero-order valence-corrected chi connectivity index (χ0v) is 12.9. The second kappa shape index (κ2) is 6.89. The van der Waals surface area contributed by atoms with E-state index in [0.29, 0.717) is 18.9 Å². The summed E-state index contributed by atoms with van der Waals surface area (Å²) in [6.07, 6.45) is 8.64. The van der Waals surface area contributed by atoms with E-state index in [1.165, 1.54) is 37.0 Å². The molecule has 2 aromatic rings. The molecule has 0 atom stereocenters. The van der Waals surface area contributed by atoms with Crippen molar-refractivity contribution in [3.05, 3.63) is 34.7 Å². The maximum absolute atomic E-state index is 12.2. The molecule has 0 saturated heterocycles. The van der Waals surface area contributed by atoms with Crippen molar-refractivity contribution in [1.82, 2.24) is 9.78 Å². The molecule has 1 N–H and O–H groups in total. The Bertz CT molecular complexity index is 570. The summed E-state index contributed by atoms with van der Waals surface area (Å²) in [7, 11) is 0. The summed E-state index contributed by atoms with van der Waals surface area (Å²) in [6.45, 7) is 0.712. The average Bonchev–Trinajstić information content (AvgIpc) is 3.13. The number of amides is 1. The van der Waals surface area contributed by atoms with Gasteiger partial charge >= 0.3 is 0 Å². The van der Waals surface area contributed by atoms with Crippen LogP contribution in [0, 0.1) is 5.92 Å². The van der Waals surface area contributed by atoms with E-state index in [2.05, 4.69) is 21.9 Å². The molecule has 0 aromatic carbocycles. The number of hydrogen-bond donors (Lipinski definition) is 1. The van der Waals surface area contributed by atoms with Crippen LogP contribution >= 0.6 is 11.3 Å². The molecule has 21 heavy (non-hydrogen) atoms. The molecule has 4 nitrogen and oxygen atoms in total. The molecule has 1 amide bonds. The molecular weight excluding hydrogens is 282 g/mol. The van der Waals surface area contributed by atoms with E-state index >= 15 is 0 Å². The molecule has 112 valence electrons. The Labute approximate surface area is 129 Å². The van der Waals surface area contributed by atoms with E-state index in [9.17, 15) is 4.79 Å². The summed E-state index contributed by atoms with van der Waals surface area (Å²) < 4.78 is 1.85. The van der Waals surface area contributed by atoms with Crippen molar-refractivity contribution in [2.45, 2.75) is 45.1 Å². The second-order valence-electron chi connectivity index (χ2n) is 5.71. The van der Waals surface area contributed by atoms with Gasteiger partial charge in [-0.05, 0) is 30.2 Å². The fourth-order valence-corrected chi connectivity index (χ4v) is 3.65. The highest BCUT2D eigenvalue weighted by molar-refractivity contribution is 7.09. The summed E-state index contributed by atoms with van der Waals surface area (Å²) in [4.78, 5) is 13.4. The lowest BCUT2D eigenvalue weighted by Gasteiger charge is -2.20. The van der Waals surface area contributed by atoms with Gasteiger partial charge < -0.3 is 5.32 Å². The number of carbonyl (C=O) groups is 1. The van der Waals surface area contributed by atoms with E-state index in [4.69, 9.17) is 0 Å². The number of nitrogens with zero attached hydrogens (tertiary/aromatic N) is 2. The molecule has 3 rings (SSSR count). The zero-order valence-electron chi connectivity index (χ0n) is 12.1. The molecule has 2 heterocycles. The van der Waals surface area contributed by atoms with E-state index in [0.717, 1.165) is 5.82 Å². The Hall–Kier alpha value is -1.62. The van der Waals surface area contributed by atoms with Crippen LogP contribution in [0.5, 0.6) is 0 Å². The minimum absolute atomic E-state index is 0.120. The third-order valence-corrected chi connectivity index (χ3v) is 4.93. The van der Waals surface area contributed by atoms with Crippen molar-refractivity contribution in [2.24, 2.45) is 5.92 Å². The largest absolute Gasteiger partial charge is 0.311 e. The normalized spacial score (nSPS) is 16.0. The van der Waals surface area contributed by atoms with Gasteiger partial charge in [0.25, 0.3) is 0 Å². The summed E-state index contributed by atoms with van der Waals surface area (Å²) in [5.74, 6) is 1.48. The Morgan fingerprint density at radius 3 is 2.95 bits per heavy atom. The van der Waals surface area contributed by atoms with Crippen molar-refractivity contribution in [3.63, 3.8) is 0 Å². The van der Waals surface area contributed by atoms with Gasteiger partial charge in [0.15, 0.2) is 0 Å². The van der Waals surface area contributed by atoms with E-state index < -0.39 is 0 Å². The monoisotopic (exact) mass is 303 g/mol. The first-order valence-corrected chi connectivity index (χ1v) is 8.53.